The molecule has 0 spiro atoms. The summed E-state index contributed by atoms with van der Waals surface area (Å²) >= 11 is 0. The second kappa shape index (κ2) is 5.84. The molecule has 5 heteroatoms. The number of aromatic nitrogens is 2. The first-order valence-corrected chi connectivity index (χ1v) is 7.17. The standard InChI is InChI=1S/C14H22N4O/c1-11-2-3-14(17-16-11)18-9-12(10-18)8-15-13-4-6-19-7-5-13/h2-3,12-13,15H,4-10H2,1H3. The highest BCUT2D eigenvalue weighted by Gasteiger charge is 2.28. The van der Waals surface area contributed by atoms with Gasteiger partial charge in [-0.3, -0.25) is 0 Å². The van der Waals surface area contributed by atoms with Crippen LogP contribution in [0.25, 0.3) is 0 Å². The van der Waals surface area contributed by atoms with Crippen LogP contribution in [0.1, 0.15) is 18.5 Å². The molecule has 2 aliphatic rings. The Morgan fingerprint density at radius 2 is 2.05 bits per heavy atom. The van der Waals surface area contributed by atoms with Crippen LogP contribution in [0.2, 0.25) is 0 Å². The number of aryl methyl sites for hydroxylation is 1. The molecule has 1 N–H and O–H groups in total. The van der Waals surface area contributed by atoms with Crippen LogP contribution in [0, 0.1) is 12.8 Å². The number of hydrogen-bond acceptors (Lipinski definition) is 5. The lowest BCUT2D eigenvalue weighted by atomic mass is 9.99. The van der Waals surface area contributed by atoms with Gasteiger partial charge in [-0.1, -0.05) is 0 Å². The number of nitrogens with one attached hydrogen (secondary N) is 1. The van der Waals surface area contributed by atoms with Crippen LogP contribution in [-0.4, -0.2) is 49.1 Å². The van der Waals surface area contributed by atoms with Gasteiger partial charge >= 0.3 is 0 Å². The van der Waals surface area contributed by atoms with Crippen molar-refractivity contribution < 1.29 is 4.74 Å². The number of rotatable bonds is 4. The van der Waals surface area contributed by atoms with Gasteiger partial charge in [0.15, 0.2) is 5.82 Å². The quantitative estimate of drug-likeness (QED) is 0.877. The van der Waals surface area contributed by atoms with E-state index in [0.29, 0.717) is 6.04 Å². The predicted molar refractivity (Wildman–Crippen MR) is 74.3 cm³/mol. The van der Waals surface area contributed by atoms with Gasteiger partial charge in [-0.05, 0) is 31.9 Å². The Hall–Kier alpha value is -1.20. The maximum Gasteiger partial charge on any atom is 0.151 e. The average molecular weight is 262 g/mol. The van der Waals surface area contributed by atoms with Crippen molar-refractivity contribution in [1.29, 1.82) is 0 Å². The molecule has 0 atom stereocenters. The summed E-state index contributed by atoms with van der Waals surface area (Å²) in [5.74, 6) is 1.75. The van der Waals surface area contributed by atoms with E-state index in [1.807, 2.05) is 13.0 Å². The summed E-state index contributed by atoms with van der Waals surface area (Å²) in [6.07, 6.45) is 2.31. The molecule has 0 aromatic carbocycles. The Bertz CT molecular complexity index is 396. The van der Waals surface area contributed by atoms with Crippen molar-refractivity contribution in [3.8, 4) is 0 Å². The molecule has 2 fully saturated rings. The van der Waals surface area contributed by atoms with Crippen molar-refractivity contribution >= 4 is 5.82 Å². The van der Waals surface area contributed by atoms with E-state index in [4.69, 9.17) is 4.74 Å². The maximum atomic E-state index is 5.37. The van der Waals surface area contributed by atoms with Gasteiger partial charge in [0.2, 0.25) is 0 Å². The number of anilines is 1. The molecular formula is C14H22N4O. The van der Waals surface area contributed by atoms with Gasteiger partial charge in [0, 0.05) is 44.8 Å². The minimum atomic E-state index is 0.655. The minimum absolute atomic E-state index is 0.655. The normalized spacial score (nSPS) is 21.4. The van der Waals surface area contributed by atoms with E-state index in [-0.39, 0.29) is 0 Å². The first kappa shape index (κ1) is 12.8. The molecule has 104 valence electrons. The van der Waals surface area contributed by atoms with Crippen LogP contribution in [0.15, 0.2) is 12.1 Å². The molecule has 3 heterocycles. The highest BCUT2D eigenvalue weighted by molar-refractivity contribution is 5.40. The molecule has 0 unspecified atom stereocenters. The maximum absolute atomic E-state index is 5.37. The van der Waals surface area contributed by atoms with Crippen molar-refractivity contribution in [2.75, 3.05) is 37.7 Å². The molecule has 0 bridgehead atoms. The third-order valence-electron chi connectivity index (χ3n) is 3.98. The Morgan fingerprint density at radius 3 is 2.74 bits per heavy atom. The predicted octanol–water partition coefficient (Wildman–Crippen LogP) is 0.990. The lowest BCUT2D eigenvalue weighted by Crippen LogP contribution is -2.52. The molecule has 0 saturated carbocycles. The smallest absolute Gasteiger partial charge is 0.151 e. The summed E-state index contributed by atoms with van der Waals surface area (Å²) < 4.78 is 5.37. The molecular weight excluding hydrogens is 240 g/mol. The summed E-state index contributed by atoms with van der Waals surface area (Å²) in [5.41, 5.74) is 0.974. The Balaban J connectivity index is 1.39. The van der Waals surface area contributed by atoms with Crippen LogP contribution in [0.3, 0.4) is 0 Å². The van der Waals surface area contributed by atoms with Crippen LogP contribution in [0.5, 0.6) is 0 Å². The molecule has 2 saturated heterocycles. The molecule has 0 aliphatic carbocycles. The van der Waals surface area contributed by atoms with Crippen LogP contribution in [-0.2, 0) is 4.74 Å². The summed E-state index contributed by atoms with van der Waals surface area (Å²) in [6.45, 7) is 7.08. The van der Waals surface area contributed by atoms with E-state index in [9.17, 15) is 0 Å². The van der Waals surface area contributed by atoms with Gasteiger partial charge in [-0.2, -0.15) is 5.10 Å². The van der Waals surface area contributed by atoms with E-state index in [2.05, 4.69) is 26.5 Å². The Labute approximate surface area is 114 Å². The average Bonchev–Trinajstić information content (AvgIpc) is 2.40. The zero-order valence-electron chi connectivity index (χ0n) is 11.5. The van der Waals surface area contributed by atoms with Gasteiger partial charge in [0.05, 0.1) is 5.69 Å². The highest BCUT2D eigenvalue weighted by atomic mass is 16.5. The van der Waals surface area contributed by atoms with E-state index in [1.165, 1.54) is 0 Å². The molecule has 2 aliphatic heterocycles. The van der Waals surface area contributed by atoms with Crippen LogP contribution in [0.4, 0.5) is 5.82 Å². The van der Waals surface area contributed by atoms with Crippen molar-refractivity contribution in [2.24, 2.45) is 5.92 Å². The molecule has 19 heavy (non-hydrogen) atoms. The fraction of sp³-hybridized carbons (Fsp3) is 0.714. The second-order valence-electron chi connectivity index (χ2n) is 5.60. The van der Waals surface area contributed by atoms with Crippen molar-refractivity contribution in [3.63, 3.8) is 0 Å². The fourth-order valence-corrected chi connectivity index (χ4v) is 2.68. The van der Waals surface area contributed by atoms with Crippen molar-refractivity contribution in [2.45, 2.75) is 25.8 Å². The third-order valence-corrected chi connectivity index (χ3v) is 3.98. The second-order valence-corrected chi connectivity index (χ2v) is 5.60. The summed E-state index contributed by atoms with van der Waals surface area (Å²) in [5, 5.41) is 12.0. The topological polar surface area (TPSA) is 50.3 Å². The Morgan fingerprint density at radius 1 is 1.26 bits per heavy atom. The molecule has 1 aromatic heterocycles. The number of nitrogens with zero attached hydrogens (tertiary/aromatic N) is 3. The fourth-order valence-electron chi connectivity index (χ4n) is 2.68. The first-order chi connectivity index (χ1) is 9.31. The summed E-state index contributed by atoms with van der Waals surface area (Å²) in [7, 11) is 0. The SMILES string of the molecule is Cc1ccc(N2CC(CNC3CCOCC3)C2)nn1. The zero-order valence-corrected chi connectivity index (χ0v) is 11.5. The number of ether oxygens (including phenoxy) is 1. The summed E-state index contributed by atoms with van der Waals surface area (Å²) in [6, 6.07) is 4.74. The van der Waals surface area contributed by atoms with E-state index >= 15 is 0 Å². The largest absolute Gasteiger partial charge is 0.381 e. The van der Waals surface area contributed by atoms with Gasteiger partial charge in [-0.25, -0.2) is 0 Å². The molecule has 0 amide bonds. The van der Waals surface area contributed by atoms with Gasteiger partial charge in [0.25, 0.3) is 0 Å². The van der Waals surface area contributed by atoms with E-state index in [1.54, 1.807) is 0 Å². The van der Waals surface area contributed by atoms with E-state index < -0.39 is 0 Å². The highest BCUT2D eigenvalue weighted by Crippen LogP contribution is 2.22. The summed E-state index contributed by atoms with van der Waals surface area (Å²) in [4.78, 5) is 2.29. The van der Waals surface area contributed by atoms with Gasteiger partial charge in [-0.15, -0.1) is 5.10 Å². The molecule has 5 nitrogen and oxygen atoms in total. The van der Waals surface area contributed by atoms with Gasteiger partial charge < -0.3 is 15.0 Å². The minimum Gasteiger partial charge on any atom is -0.381 e. The molecule has 1 aromatic rings. The number of hydrogen-bond donors (Lipinski definition) is 1. The Kier molecular flexibility index (Phi) is 3.94. The third kappa shape index (κ3) is 3.22. The lowest BCUT2D eigenvalue weighted by molar-refractivity contribution is 0.0765. The van der Waals surface area contributed by atoms with E-state index in [0.717, 1.165) is 63.1 Å². The van der Waals surface area contributed by atoms with Gasteiger partial charge in [0.1, 0.15) is 0 Å². The molecule has 3 rings (SSSR count). The van der Waals surface area contributed by atoms with Crippen molar-refractivity contribution in [3.05, 3.63) is 17.8 Å². The monoisotopic (exact) mass is 262 g/mol. The van der Waals surface area contributed by atoms with Crippen molar-refractivity contribution in [1.82, 2.24) is 15.5 Å². The van der Waals surface area contributed by atoms with Crippen LogP contribution < -0.4 is 10.2 Å². The zero-order chi connectivity index (χ0) is 13.1. The van der Waals surface area contributed by atoms with Crippen LogP contribution >= 0.6 is 0 Å². The molecule has 0 radical (unpaired) electrons. The lowest BCUT2D eigenvalue weighted by Gasteiger charge is -2.40. The first-order valence-electron chi connectivity index (χ1n) is 7.17.